The normalized spacial score (nSPS) is 31.5. The molecule has 2 aliphatic rings. The summed E-state index contributed by atoms with van der Waals surface area (Å²) < 4.78 is 38.7. The van der Waals surface area contributed by atoms with E-state index in [9.17, 15) is 40.5 Å². The number of carbonyl (C=O) groups excluding carboxylic acids is 1. The van der Waals surface area contributed by atoms with Crippen molar-refractivity contribution >= 4 is 12.0 Å². The zero-order chi connectivity index (χ0) is 33.5. The molecule has 2 saturated heterocycles. The highest BCUT2D eigenvalue weighted by molar-refractivity contribution is 5.87. The molecule has 2 aromatic rings. The average Bonchev–Trinajstić information content (AvgIpc) is 3.05. The van der Waals surface area contributed by atoms with Crippen LogP contribution in [0.25, 0.3) is 6.08 Å². The van der Waals surface area contributed by atoms with Gasteiger partial charge in [0.2, 0.25) is 0 Å². The van der Waals surface area contributed by atoms with E-state index in [0.717, 1.165) is 6.08 Å². The predicted octanol–water partition coefficient (Wildman–Crippen LogP) is -0.410. The molecule has 2 fully saturated rings. The van der Waals surface area contributed by atoms with Crippen LogP contribution in [0, 0.1) is 0 Å². The fourth-order valence-electron chi connectivity index (χ4n) is 5.11. The highest BCUT2D eigenvalue weighted by Gasteiger charge is 2.52. The Bertz CT molecular complexity index is 1340. The van der Waals surface area contributed by atoms with E-state index in [1.807, 2.05) is 0 Å². The highest BCUT2D eigenvalue weighted by Crippen LogP contribution is 2.33. The molecule has 0 aliphatic carbocycles. The quantitative estimate of drug-likeness (QED) is 0.114. The number of para-hydroxylation sites is 1. The van der Waals surface area contributed by atoms with Gasteiger partial charge in [-0.25, -0.2) is 4.79 Å². The van der Waals surface area contributed by atoms with E-state index in [1.165, 1.54) is 45.4 Å². The lowest BCUT2D eigenvalue weighted by Gasteiger charge is -2.46. The molecule has 46 heavy (non-hydrogen) atoms. The number of aromatic hydroxyl groups is 2. The molecular formula is C31H40O15. The first kappa shape index (κ1) is 35.3. The maximum Gasteiger partial charge on any atom is 0.331 e. The van der Waals surface area contributed by atoms with Crippen LogP contribution in [-0.4, -0.2) is 131 Å². The molecule has 2 heterocycles. The molecule has 0 saturated carbocycles. The van der Waals surface area contributed by atoms with Gasteiger partial charge in [0, 0.05) is 11.6 Å². The van der Waals surface area contributed by atoms with Crippen LogP contribution in [0.4, 0.5) is 0 Å². The number of aliphatic hydroxyl groups is 5. The maximum absolute atomic E-state index is 12.9. The number of esters is 1. The van der Waals surface area contributed by atoms with Gasteiger partial charge in [-0.15, -0.1) is 0 Å². The Morgan fingerprint density at radius 3 is 2.33 bits per heavy atom. The SMILES string of the molecule is COc1cc(C=CC(=O)OC2C(CO)OC(OCCc3cccc(OC)c3O)C(O)C2OC2OC(C)C(O)C(O)C2O)ccc1O. The zero-order valence-electron chi connectivity index (χ0n) is 25.4. The molecular weight excluding hydrogens is 612 g/mol. The molecule has 10 atom stereocenters. The van der Waals surface area contributed by atoms with Gasteiger partial charge in [-0.2, -0.15) is 0 Å². The van der Waals surface area contributed by atoms with Gasteiger partial charge in [0.05, 0.1) is 33.5 Å². The van der Waals surface area contributed by atoms with Crippen molar-refractivity contribution in [3.8, 4) is 23.0 Å². The Hall–Kier alpha value is -3.51. The molecule has 0 spiro atoms. The third-order valence-electron chi connectivity index (χ3n) is 7.72. The molecule has 0 radical (unpaired) electrons. The number of hydrogen-bond acceptors (Lipinski definition) is 15. The topological polar surface area (TPSA) is 223 Å². The highest BCUT2D eigenvalue weighted by atomic mass is 16.7. The van der Waals surface area contributed by atoms with Crippen LogP contribution in [-0.2, 0) is 34.9 Å². The van der Waals surface area contributed by atoms with Gasteiger partial charge in [-0.3, -0.25) is 0 Å². The van der Waals surface area contributed by atoms with Gasteiger partial charge in [0.15, 0.2) is 41.7 Å². The number of carbonyl (C=O) groups is 1. The standard InChI is InChI=1S/C31H40O15/c1-15-23(35)25(37)26(38)31(43-15)46-29-27(39)30(42-12-11-17-5-4-6-19(40-2)24(17)36)44-21(14-32)28(29)45-22(34)10-8-16-7-9-18(33)20(13-16)41-3/h4-10,13,15,21,23,25-33,35-39H,11-12,14H2,1-3H3. The fourth-order valence-corrected chi connectivity index (χ4v) is 5.11. The number of rotatable bonds is 12. The second-order valence-corrected chi connectivity index (χ2v) is 10.8. The number of ether oxygens (including phenoxy) is 7. The second-order valence-electron chi connectivity index (χ2n) is 10.8. The van der Waals surface area contributed by atoms with Gasteiger partial charge in [-0.05, 0) is 43.2 Å². The molecule has 0 aromatic heterocycles. The van der Waals surface area contributed by atoms with Crippen LogP contribution < -0.4 is 9.47 Å². The van der Waals surface area contributed by atoms with Crippen molar-refractivity contribution in [2.24, 2.45) is 0 Å². The second kappa shape index (κ2) is 15.9. The van der Waals surface area contributed by atoms with Crippen LogP contribution in [0.3, 0.4) is 0 Å². The Morgan fingerprint density at radius 1 is 0.891 bits per heavy atom. The molecule has 2 aromatic carbocycles. The number of aliphatic hydroxyl groups excluding tert-OH is 5. The van der Waals surface area contributed by atoms with E-state index in [2.05, 4.69) is 0 Å². The first-order valence-corrected chi connectivity index (χ1v) is 14.5. The Morgan fingerprint density at radius 2 is 1.63 bits per heavy atom. The van der Waals surface area contributed by atoms with E-state index < -0.39 is 74.0 Å². The fraction of sp³-hybridized carbons (Fsp3) is 0.516. The van der Waals surface area contributed by atoms with Crippen LogP contribution >= 0.6 is 0 Å². The molecule has 254 valence electrons. The van der Waals surface area contributed by atoms with E-state index in [0.29, 0.717) is 11.1 Å². The van der Waals surface area contributed by atoms with Gasteiger partial charge in [-0.1, -0.05) is 18.2 Å². The van der Waals surface area contributed by atoms with Crippen molar-refractivity contribution < 1.29 is 73.7 Å². The lowest BCUT2D eigenvalue weighted by molar-refractivity contribution is -0.357. The summed E-state index contributed by atoms with van der Waals surface area (Å²) in [7, 11) is 2.78. The first-order chi connectivity index (χ1) is 22.0. The Labute approximate surface area is 264 Å². The summed E-state index contributed by atoms with van der Waals surface area (Å²) in [5.74, 6) is -0.680. The van der Waals surface area contributed by atoms with Crippen LogP contribution in [0.5, 0.6) is 23.0 Å². The van der Waals surface area contributed by atoms with Crippen LogP contribution in [0.1, 0.15) is 18.1 Å². The molecule has 4 rings (SSSR count). The molecule has 10 unspecified atom stereocenters. The minimum atomic E-state index is -1.76. The largest absolute Gasteiger partial charge is 0.504 e. The van der Waals surface area contributed by atoms with Gasteiger partial charge in [0.25, 0.3) is 0 Å². The summed E-state index contributed by atoms with van der Waals surface area (Å²) in [6.07, 6.45) is -12.3. The number of benzene rings is 2. The number of phenols is 2. The van der Waals surface area contributed by atoms with Crippen LogP contribution in [0.2, 0.25) is 0 Å². The zero-order valence-corrected chi connectivity index (χ0v) is 25.4. The first-order valence-electron chi connectivity index (χ1n) is 14.5. The molecule has 15 nitrogen and oxygen atoms in total. The lowest BCUT2D eigenvalue weighted by atomic mass is 9.97. The monoisotopic (exact) mass is 652 g/mol. The Balaban J connectivity index is 1.53. The van der Waals surface area contributed by atoms with E-state index >= 15 is 0 Å². The van der Waals surface area contributed by atoms with Crippen molar-refractivity contribution in [1.82, 2.24) is 0 Å². The summed E-state index contributed by atoms with van der Waals surface area (Å²) in [5, 5.41) is 72.7. The summed E-state index contributed by atoms with van der Waals surface area (Å²) in [4.78, 5) is 12.9. The minimum Gasteiger partial charge on any atom is -0.504 e. The molecule has 0 amide bonds. The van der Waals surface area contributed by atoms with Crippen LogP contribution in [0.15, 0.2) is 42.5 Å². The van der Waals surface area contributed by atoms with Gasteiger partial charge < -0.3 is 68.9 Å². The van der Waals surface area contributed by atoms with E-state index in [-0.39, 0.29) is 36.0 Å². The lowest BCUT2D eigenvalue weighted by Crippen LogP contribution is -2.65. The van der Waals surface area contributed by atoms with Crippen molar-refractivity contribution in [3.63, 3.8) is 0 Å². The Kier molecular flexibility index (Phi) is 12.2. The van der Waals surface area contributed by atoms with E-state index in [4.69, 9.17) is 33.2 Å². The van der Waals surface area contributed by atoms with Crippen molar-refractivity contribution in [2.45, 2.75) is 74.8 Å². The summed E-state index contributed by atoms with van der Waals surface area (Å²) in [5.41, 5.74) is 0.968. The average molecular weight is 653 g/mol. The third-order valence-corrected chi connectivity index (χ3v) is 7.72. The molecule has 15 heteroatoms. The predicted molar refractivity (Wildman–Crippen MR) is 157 cm³/mol. The van der Waals surface area contributed by atoms with E-state index in [1.54, 1.807) is 18.2 Å². The van der Waals surface area contributed by atoms with Crippen molar-refractivity contribution in [3.05, 3.63) is 53.6 Å². The summed E-state index contributed by atoms with van der Waals surface area (Å²) in [6, 6.07) is 9.29. The van der Waals surface area contributed by atoms with Crippen molar-refractivity contribution in [1.29, 1.82) is 0 Å². The molecule has 2 aliphatic heterocycles. The summed E-state index contributed by atoms with van der Waals surface area (Å²) >= 11 is 0. The molecule has 7 N–H and O–H groups in total. The summed E-state index contributed by atoms with van der Waals surface area (Å²) in [6.45, 7) is 0.639. The number of phenolic OH excluding ortho intramolecular Hbond substituents is 2. The maximum atomic E-state index is 12.9. The molecule has 0 bridgehead atoms. The third kappa shape index (κ3) is 8.06. The van der Waals surface area contributed by atoms with Crippen molar-refractivity contribution in [2.75, 3.05) is 27.4 Å². The van der Waals surface area contributed by atoms with Gasteiger partial charge >= 0.3 is 5.97 Å². The minimum absolute atomic E-state index is 0.0822. The smallest absolute Gasteiger partial charge is 0.331 e. The number of methoxy groups -OCH3 is 2. The van der Waals surface area contributed by atoms with Gasteiger partial charge in [0.1, 0.15) is 36.6 Å². The number of hydrogen-bond donors (Lipinski definition) is 7.